The summed E-state index contributed by atoms with van der Waals surface area (Å²) in [6, 6.07) is 8.94. The van der Waals surface area contributed by atoms with Gasteiger partial charge in [0.2, 0.25) is 0 Å². The third-order valence-corrected chi connectivity index (χ3v) is 6.15. The molecule has 0 amide bonds. The minimum absolute atomic E-state index is 0.00477. The first-order chi connectivity index (χ1) is 13.2. The van der Waals surface area contributed by atoms with Crippen molar-refractivity contribution in [2.75, 3.05) is 0 Å². The van der Waals surface area contributed by atoms with Crippen molar-refractivity contribution in [1.29, 1.82) is 0 Å². The topological polar surface area (TPSA) is 30.7 Å². The summed E-state index contributed by atoms with van der Waals surface area (Å²) in [5.74, 6) is 0.968. The summed E-state index contributed by atoms with van der Waals surface area (Å²) in [6.45, 7) is 15.3. The molecule has 0 fully saturated rings. The highest BCUT2D eigenvalue weighted by Gasteiger charge is 2.25. The van der Waals surface area contributed by atoms with E-state index in [2.05, 4.69) is 83.5 Å². The highest BCUT2D eigenvalue weighted by Crippen LogP contribution is 2.40. The Morgan fingerprint density at radius 1 is 0.964 bits per heavy atom. The molecule has 0 radical (unpaired) electrons. The lowest BCUT2D eigenvalue weighted by molar-refractivity contribution is 0.592. The van der Waals surface area contributed by atoms with Gasteiger partial charge in [0.15, 0.2) is 0 Å². The fourth-order valence-electron chi connectivity index (χ4n) is 4.18. The molecule has 0 aliphatic heterocycles. The Kier molecular flexibility index (Phi) is 4.42. The summed E-state index contributed by atoms with van der Waals surface area (Å²) in [5.41, 5.74) is 8.50. The summed E-state index contributed by atoms with van der Waals surface area (Å²) >= 11 is 1.74. The van der Waals surface area contributed by atoms with Crippen LogP contribution in [0.15, 0.2) is 36.7 Å². The number of imidazole rings is 1. The number of aromatic nitrogens is 3. The molecule has 0 atom stereocenters. The van der Waals surface area contributed by atoms with Crippen LogP contribution < -0.4 is 0 Å². The lowest BCUT2D eigenvalue weighted by Gasteiger charge is -2.24. The van der Waals surface area contributed by atoms with Crippen LogP contribution in [0.2, 0.25) is 0 Å². The van der Waals surface area contributed by atoms with Crippen molar-refractivity contribution in [3.8, 4) is 17.1 Å². The number of thiazole rings is 1. The van der Waals surface area contributed by atoms with Gasteiger partial charge in [0, 0.05) is 18.0 Å². The van der Waals surface area contributed by atoms with Gasteiger partial charge in [0.05, 0.1) is 20.9 Å². The lowest BCUT2D eigenvalue weighted by atomic mass is 9.83. The molecule has 0 bridgehead atoms. The number of nitrogens with zero attached hydrogens (tertiary/aromatic N) is 3. The lowest BCUT2D eigenvalue weighted by Crippen LogP contribution is -2.14. The highest BCUT2D eigenvalue weighted by atomic mass is 32.1. The average Bonchev–Trinajstić information content (AvgIpc) is 3.17. The summed E-state index contributed by atoms with van der Waals surface area (Å²) in [4.78, 5) is 9.73. The maximum Gasteiger partial charge on any atom is 0.147 e. The minimum Gasteiger partial charge on any atom is -0.299 e. The van der Waals surface area contributed by atoms with E-state index < -0.39 is 0 Å². The van der Waals surface area contributed by atoms with Gasteiger partial charge in [-0.1, -0.05) is 44.5 Å². The van der Waals surface area contributed by atoms with Crippen LogP contribution in [0, 0.1) is 27.7 Å². The SMILES string of the molecule is Cc1cc(C)c(-n2ccnc2-c2c(C(C)(C)C)ccc3sc(C)nc23)c(C)c1. The van der Waals surface area contributed by atoms with Crippen LogP contribution in [0.1, 0.15) is 48.0 Å². The number of aryl methyl sites for hydroxylation is 4. The van der Waals surface area contributed by atoms with E-state index in [0.29, 0.717) is 0 Å². The second-order valence-corrected chi connectivity index (χ2v) is 9.92. The van der Waals surface area contributed by atoms with Crippen LogP contribution in [0.25, 0.3) is 27.3 Å². The molecule has 0 N–H and O–H groups in total. The fourth-order valence-corrected chi connectivity index (χ4v) is 5.01. The van der Waals surface area contributed by atoms with Crippen LogP contribution in [0.5, 0.6) is 0 Å². The zero-order valence-corrected chi connectivity index (χ0v) is 18.5. The first kappa shape index (κ1) is 18.9. The first-order valence-corrected chi connectivity index (χ1v) is 10.5. The first-order valence-electron chi connectivity index (χ1n) is 9.69. The van der Waals surface area contributed by atoms with Crippen molar-refractivity contribution in [1.82, 2.24) is 14.5 Å². The molecule has 0 aliphatic rings. The molecule has 4 rings (SSSR count). The standard InChI is InChI=1S/C24H27N3S/c1-14-12-15(2)22(16(3)13-14)27-11-10-25-23(27)20-18(24(5,6)7)8-9-19-21(20)26-17(4)28-19/h8-13H,1-7H3. The molecule has 3 nitrogen and oxygen atoms in total. The van der Waals surface area contributed by atoms with E-state index in [0.717, 1.165) is 21.9 Å². The van der Waals surface area contributed by atoms with Crippen molar-refractivity contribution in [3.63, 3.8) is 0 Å². The van der Waals surface area contributed by atoms with Gasteiger partial charge in [-0.15, -0.1) is 11.3 Å². The van der Waals surface area contributed by atoms with Gasteiger partial charge in [-0.3, -0.25) is 4.57 Å². The number of rotatable bonds is 2. The Labute approximate surface area is 171 Å². The molecular formula is C24H27N3S. The normalized spacial score (nSPS) is 12.1. The van der Waals surface area contributed by atoms with E-state index >= 15 is 0 Å². The second kappa shape index (κ2) is 6.56. The van der Waals surface area contributed by atoms with Crippen LogP contribution in [-0.4, -0.2) is 14.5 Å². The predicted molar refractivity (Wildman–Crippen MR) is 120 cm³/mol. The van der Waals surface area contributed by atoms with E-state index in [-0.39, 0.29) is 5.41 Å². The van der Waals surface area contributed by atoms with Crippen molar-refractivity contribution in [2.45, 2.75) is 53.9 Å². The molecule has 2 aromatic carbocycles. The molecular weight excluding hydrogens is 362 g/mol. The van der Waals surface area contributed by atoms with Gasteiger partial charge in [-0.05, 0) is 55.9 Å². The molecule has 4 aromatic rings. The maximum atomic E-state index is 4.90. The Morgan fingerprint density at radius 2 is 1.64 bits per heavy atom. The number of hydrogen-bond donors (Lipinski definition) is 0. The minimum atomic E-state index is -0.00477. The summed E-state index contributed by atoms with van der Waals surface area (Å²) < 4.78 is 3.45. The van der Waals surface area contributed by atoms with Crippen LogP contribution in [-0.2, 0) is 5.41 Å². The fraction of sp³-hybridized carbons (Fsp3) is 0.333. The molecule has 0 aliphatic carbocycles. The van der Waals surface area contributed by atoms with Crippen LogP contribution >= 0.6 is 11.3 Å². The summed E-state index contributed by atoms with van der Waals surface area (Å²) in [5, 5.41) is 1.09. The van der Waals surface area contributed by atoms with Gasteiger partial charge in [0.1, 0.15) is 5.82 Å². The van der Waals surface area contributed by atoms with Crippen molar-refractivity contribution in [3.05, 3.63) is 63.9 Å². The second-order valence-electron chi connectivity index (χ2n) is 8.69. The predicted octanol–water partition coefficient (Wildman–Crippen LogP) is 6.68. The average molecular weight is 390 g/mol. The van der Waals surface area contributed by atoms with Crippen LogP contribution in [0.4, 0.5) is 0 Å². The number of hydrogen-bond acceptors (Lipinski definition) is 3. The van der Waals surface area contributed by atoms with E-state index in [9.17, 15) is 0 Å². The van der Waals surface area contributed by atoms with Gasteiger partial charge in [-0.2, -0.15) is 0 Å². The summed E-state index contributed by atoms with van der Waals surface area (Å²) in [6.07, 6.45) is 3.98. The molecule has 4 heteroatoms. The monoisotopic (exact) mass is 389 g/mol. The molecule has 144 valence electrons. The van der Waals surface area contributed by atoms with E-state index in [1.165, 1.54) is 32.6 Å². The Bertz CT molecular complexity index is 1170. The zero-order valence-electron chi connectivity index (χ0n) is 17.7. The van der Waals surface area contributed by atoms with Crippen molar-refractivity contribution >= 4 is 21.6 Å². The zero-order chi connectivity index (χ0) is 20.2. The Hall–Kier alpha value is -2.46. The largest absolute Gasteiger partial charge is 0.299 e. The smallest absolute Gasteiger partial charge is 0.147 e. The van der Waals surface area contributed by atoms with E-state index in [1.54, 1.807) is 11.3 Å². The Balaban J connectivity index is 2.08. The van der Waals surface area contributed by atoms with Gasteiger partial charge < -0.3 is 0 Å². The maximum absolute atomic E-state index is 4.90. The summed E-state index contributed by atoms with van der Waals surface area (Å²) in [7, 11) is 0. The van der Waals surface area contributed by atoms with Crippen molar-refractivity contribution < 1.29 is 0 Å². The van der Waals surface area contributed by atoms with Crippen molar-refractivity contribution in [2.24, 2.45) is 0 Å². The van der Waals surface area contributed by atoms with E-state index in [4.69, 9.17) is 9.97 Å². The molecule has 2 heterocycles. The number of fused-ring (bicyclic) bond motifs is 1. The quantitative estimate of drug-likeness (QED) is 0.383. The van der Waals surface area contributed by atoms with Crippen LogP contribution in [0.3, 0.4) is 0 Å². The molecule has 0 spiro atoms. The third kappa shape index (κ3) is 3.06. The number of benzene rings is 2. The van der Waals surface area contributed by atoms with Gasteiger partial charge in [-0.25, -0.2) is 9.97 Å². The molecule has 2 aromatic heterocycles. The third-order valence-electron chi connectivity index (χ3n) is 5.22. The highest BCUT2D eigenvalue weighted by molar-refractivity contribution is 7.18. The molecule has 0 saturated carbocycles. The Morgan fingerprint density at radius 3 is 2.29 bits per heavy atom. The van der Waals surface area contributed by atoms with Gasteiger partial charge in [0.25, 0.3) is 0 Å². The molecule has 0 unspecified atom stereocenters. The molecule has 28 heavy (non-hydrogen) atoms. The van der Waals surface area contributed by atoms with Gasteiger partial charge >= 0.3 is 0 Å². The van der Waals surface area contributed by atoms with E-state index in [1.807, 2.05) is 6.20 Å². The molecule has 0 saturated heterocycles.